The summed E-state index contributed by atoms with van der Waals surface area (Å²) < 4.78 is 14.0. The molecule has 0 saturated carbocycles. The lowest BCUT2D eigenvalue weighted by Gasteiger charge is -2.08. The minimum atomic E-state index is -0.112. The van der Waals surface area contributed by atoms with E-state index in [1.165, 1.54) is 22.3 Å². The molecule has 0 aromatic heterocycles. The quantitative estimate of drug-likeness (QED) is 0.713. The van der Waals surface area contributed by atoms with Crippen molar-refractivity contribution in [1.29, 1.82) is 0 Å². The van der Waals surface area contributed by atoms with Crippen LogP contribution in [0.4, 0.5) is 4.39 Å². The van der Waals surface area contributed by atoms with Gasteiger partial charge >= 0.3 is 0 Å². The number of fused-ring (bicyclic) bond motifs is 1. The molecule has 0 unspecified atom stereocenters. The van der Waals surface area contributed by atoms with Crippen LogP contribution in [0.25, 0.3) is 11.1 Å². The second kappa shape index (κ2) is 5.00. The summed E-state index contributed by atoms with van der Waals surface area (Å²) in [4.78, 5) is 0. The van der Waals surface area contributed by atoms with Gasteiger partial charge in [-0.1, -0.05) is 55.8 Å². The maximum atomic E-state index is 14.0. The Hall–Kier alpha value is -1.89. The fourth-order valence-corrected chi connectivity index (χ4v) is 2.93. The first-order valence-corrected chi connectivity index (χ1v) is 6.86. The smallest absolute Gasteiger partial charge is 0.130 e. The highest BCUT2D eigenvalue weighted by Gasteiger charge is 2.22. The molecule has 0 amide bonds. The normalized spacial score (nSPS) is 13.8. The number of rotatable bonds is 3. The lowest BCUT2D eigenvalue weighted by Crippen LogP contribution is -1.91. The van der Waals surface area contributed by atoms with E-state index in [1.807, 2.05) is 12.1 Å². The van der Waals surface area contributed by atoms with Gasteiger partial charge in [-0.25, -0.2) is 4.39 Å². The Morgan fingerprint density at radius 3 is 2.37 bits per heavy atom. The molecule has 0 N–H and O–H groups in total. The number of benzene rings is 2. The maximum absolute atomic E-state index is 14.0. The Morgan fingerprint density at radius 2 is 1.63 bits per heavy atom. The third-order valence-electron chi connectivity index (χ3n) is 3.77. The Labute approximate surface area is 113 Å². The second-order valence-electron chi connectivity index (χ2n) is 5.02. The van der Waals surface area contributed by atoms with Gasteiger partial charge in [0.2, 0.25) is 0 Å². The first-order valence-electron chi connectivity index (χ1n) is 6.86. The van der Waals surface area contributed by atoms with Gasteiger partial charge in [-0.2, -0.15) is 0 Å². The van der Waals surface area contributed by atoms with E-state index in [1.54, 1.807) is 12.1 Å². The highest BCUT2D eigenvalue weighted by molar-refractivity contribution is 5.97. The molecule has 96 valence electrons. The van der Waals surface area contributed by atoms with Gasteiger partial charge in [0.25, 0.3) is 0 Å². The van der Waals surface area contributed by atoms with E-state index >= 15 is 0 Å². The number of hydrogen-bond acceptors (Lipinski definition) is 0. The van der Waals surface area contributed by atoms with Crippen molar-refractivity contribution < 1.29 is 4.39 Å². The summed E-state index contributed by atoms with van der Waals surface area (Å²) in [5, 5.41) is 0. The van der Waals surface area contributed by atoms with Crippen molar-refractivity contribution in [2.24, 2.45) is 0 Å². The summed E-state index contributed by atoms with van der Waals surface area (Å²) in [6, 6.07) is 15.6. The molecule has 0 heterocycles. The number of halogens is 1. The van der Waals surface area contributed by atoms with Gasteiger partial charge in [0.15, 0.2) is 0 Å². The van der Waals surface area contributed by atoms with E-state index in [0.29, 0.717) is 0 Å². The first-order chi connectivity index (χ1) is 9.31. The molecular formula is C18H17F. The van der Waals surface area contributed by atoms with Gasteiger partial charge in [0.1, 0.15) is 5.82 Å². The summed E-state index contributed by atoms with van der Waals surface area (Å²) in [7, 11) is 0. The van der Waals surface area contributed by atoms with Crippen molar-refractivity contribution >= 4 is 11.1 Å². The molecule has 0 aliphatic heterocycles. The van der Waals surface area contributed by atoms with E-state index < -0.39 is 0 Å². The van der Waals surface area contributed by atoms with E-state index in [9.17, 15) is 4.39 Å². The Morgan fingerprint density at radius 1 is 0.947 bits per heavy atom. The monoisotopic (exact) mass is 252 g/mol. The lowest BCUT2D eigenvalue weighted by atomic mass is 9.97. The van der Waals surface area contributed by atoms with Crippen LogP contribution in [-0.2, 0) is 6.42 Å². The third-order valence-corrected chi connectivity index (χ3v) is 3.77. The minimum Gasteiger partial charge on any atom is -0.206 e. The summed E-state index contributed by atoms with van der Waals surface area (Å²) in [6.07, 6.45) is 2.95. The van der Waals surface area contributed by atoms with E-state index in [0.717, 1.165) is 24.8 Å². The SMILES string of the molecule is CCCC1=C(c2ccccc2F)Cc2ccccc21. The summed E-state index contributed by atoms with van der Waals surface area (Å²) in [5.74, 6) is -0.112. The summed E-state index contributed by atoms with van der Waals surface area (Å²) in [5.41, 5.74) is 5.89. The summed E-state index contributed by atoms with van der Waals surface area (Å²) >= 11 is 0. The van der Waals surface area contributed by atoms with Gasteiger partial charge in [-0.05, 0) is 41.2 Å². The van der Waals surface area contributed by atoms with Crippen molar-refractivity contribution in [2.45, 2.75) is 26.2 Å². The number of allylic oxidation sites excluding steroid dienone is 2. The predicted octanol–water partition coefficient (Wildman–Crippen LogP) is 5.09. The van der Waals surface area contributed by atoms with Crippen molar-refractivity contribution in [3.63, 3.8) is 0 Å². The molecule has 0 spiro atoms. The van der Waals surface area contributed by atoms with Crippen LogP contribution in [0.3, 0.4) is 0 Å². The Kier molecular flexibility index (Phi) is 3.20. The molecule has 0 bridgehead atoms. The van der Waals surface area contributed by atoms with Gasteiger partial charge in [0.05, 0.1) is 0 Å². The van der Waals surface area contributed by atoms with Gasteiger partial charge in [0, 0.05) is 5.56 Å². The summed E-state index contributed by atoms with van der Waals surface area (Å²) in [6.45, 7) is 2.17. The maximum Gasteiger partial charge on any atom is 0.130 e. The van der Waals surface area contributed by atoms with Crippen LogP contribution >= 0.6 is 0 Å². The zero-order chi connectivity index (χ0) is 13.2. The second-order valence-corrected chi connectivity index (χ2v) is 5.02. The van der Waals surface area contributed by atoms with Crippen LogP contribution in [0, 0.1) is 5.82 Å². The molecule has 0 fully saturated rings. The fraction of sp³-hybridized carbons (Fsp3) is 0.222. The molecule has 3 rings (SSSR count). The van der Waals surface area contributed by atoms with Crippen LogP contribution in [0.1, 0.15) is 36.5 Å². The van der Waals surface area contributed by atoms with Crippen molar-refractivity contribution in [3.05, 3.63) is 71.0 Å². The van der Waals surface area contributed by atoms with Crippen LogP contribution in [-0.4, -0.2) is 0 Å². The molecule has 1 aliphatic carbocycles. The third kappa shape index (κ3) is 2.10. The highest BCUT2D eigenvalue weighted by atomic mass is 19.1. The average Bonchev–Trinajstić information content (AvgIpc) is 2.79. The van der Waals surface area contributed by atoms with E-state index in [2.05, 4.69) is 31.2 Å². The zero-order valence-electron chi connectivity index (χ0n) is 11.1. The van der Waals surface area contributed by atoms with Crippen LogP contribution in [0.2, 0.25) is 0 Å². The molecule has 0 radical (unpaired) electrons. The van der Waals surface area contributed by atoms with E-state index in [-0.39, 0.29) is 5.82 Å². The molecule has 1 aliphatic rings. The molecular weight excluding hydrogens is 235 g/mol. The van der Waals surface area contributed by atoms with Gasteiger partial charge in [-0.3, -0.25) is 0 Å². The van der Waals surface area contributed by atoms with Crippen LogP contribution in [0.15, 0.2) is 48.5 Å². The first kappa shape index (κ1) is 12.2. The molecule has 0 nitrogen and oxygen atoms in total. The predicted molar refractivity (Wildman–Crippen MR) is 78.3 cm³/mol. The van der Waals surface area contributed by atoms with Crippen molar-refractivity contribution in [1.82, 2.24) is 0 Å². The van der Waals surface area contributed by atoms with Crippen molar-refractivity contribution in [2.75, 3.05) is 0 Å². The number of hydrogen-bond donors (Lipinski definition) is 0. The molecule has 1 heteroatoms. The highest BCUT2D eigenvalue weighted by Crippen LogP contribution is 2.41. The topological polar surface area (TPSA) is 0 Å². The van der Waals surface area contributed by atoms with E-state index in [4.69, 9.17) is 0 Å². The minimum absolute atomic E-state index is 0.112. The molecule has 0 atom stereocenters. The Balaban J connectivity index is 2.15. The van der Waals surface area contributed by atoms with Gasteiger partial charge < -0.3 is 0 Å². The Bertz CT molecular complexity index is 638. The van der Waals surface area contributed by atoms with Crippen molar-refractivity contribution in [3.8, 4) is 0 Å². The fourth-order valence-electron chi connectivity index (χ4n) is 2.93. The molecule has 0 saturated heterocycles. The standard InChI is InChI=1S/C18H17F/c1-2-7-15-14-9-4-3-8-13(14)12-17(15)16-10-5-6-11-18(16)19/h3-6,8-11H,2,7,12H2,1H3. The average molecular weight is 252 g/mol. The van der Waals surface area contributed by atoms with Gasteiger partial charge in [-0.15, -0.1) is 0 Å². The zero-order valence-corrected chi connectivity index (χ0v) is 11.1. The van der Waals surface area contributed by atoms with Crippen LogP contribution < -0.4 is 0 Å². The molecule has 2 aromatic rings. The lowest BCUT2D eigenvalue weighted by molar-refractivity contribution is 0.623. The molecule has 19 heavy (non-hydrogen) atoms. The largest absolute Gasteiger partial charge is 0.206 e. The van der Waals surface area contributed by atoms with Crippen LogP contribution in [0.5, 0.6) is 0 Å². The molecule has 2 aromatic carbocycles.